The second-order valence-electron chi connectivity index (χ2n) is 4.73. The quantitative estimate of drug-likeness (QED) is 0.434. The molecular weight excluding hydrogens is 222 g/mol. The van der Waals surface area contributed by atoms with Gasteiger partial charge in [0, 0.05) is 22.2 Å². The number of carbonyl (C=O) groups is 1. The third kappa shape index (κ3) is 6.51. The van der Waals surface area contributed by atoms with E-state index in [2.05, 4.69) is 19.6 Å². The lowest BCUT2D eigenvalue weighted by Crippen LogP contribution is -2.27. The molecule has 0 aromatic heterocycles. The van der Waals surface area contributed by atoms with Crippen LogP contribution in [0.25, 0.3) is 0 Å². The number of hydrogen-bond acceptors (Lipinski definition) is 2. The zero-order valence-corrected chi connectivity index (χ0v) is 13.5. The van der Waals surface area contributed by atoms with Crippen LogP contribution >= 0.6 is 0 Å². The molecule has 3 nitrogen and oxygen atoms in total. The average Bonchev–Trinajstić information content (AvgIpc) is 2.09. The van der Waals surface area contributed by atoms with Gasteiger partial charge >= 0.3 is 0 Å². The second-order valence-corrected chi connectivity index (χ2v) is 10.2. The molecule has 0 aromatic rings. The summed E-state index contributed by atoms with van der Waals surface area (Å²) in [6, 6.07) is 1.23. The van der Waals surface area contributed by atoms with Crippen molar-refractivity contribution in [3.63, 3.8) is 0 Å². The maximum absolute atomic E-state index is 11.1. The van der Waals surface area contributed by atoms with Crippen molar-refractivity contribution in [3.8, 4) is 0 Å². The van der Waals surface area contributed by atoms with Crippen molar-refractivity contribution in [1.29, 1.82) is 0 Å². The number of allylic oxidation sites excluding steroid dienone is 1. The van der Waals surface area contributed by atoms with Gasteiger partial charge in [-0.05, 0) is 33.0 Å². The van der Waals surface area contributed by atoms with E-state index < -0.39 is 8.32 Å². The van der Waals surface area contributed by atoms with Gasteiger partial charge in [0.15, 0.2) is 0 Å². The maximum Gasteiger partial charge on any atom is 0.247 e. The van der Waals surface area contributed by atoms with Crippen molar-refractivity contribution in [1.82, 2.24) is 0 Å². The molecule has 2 N–H and O–H groups in total. The molecule has 0 atom stereocenters. The van der Waals surface area contributed by atoms with Crippen LogP contribution in [0.5, 0.6) is 0 Å². The monoisotopic (exact) mass is 245 g/mol. The number of primary amides is 1. The number of amides is 1. The van der Waals surface area contributed by atoms with Gasteiger partial charge in [0.05, 0.1) is 5.76 Å². The molecule has 0 aromatic carbocycles. The lowest BCUT2D eigenvalue weighted by atomic mass is 10.2. The normalized spacial score (nSPS) is 13.6. The van der Waals surface area contributed by atoms with Gasteiger partial charge in [-0.25, -0.2) is 0 Å². The van der Waals surface area contributed by atoms with E-state index in [4.69, 9.17) is 10.2 Å². The predicted molar refractivity (Wildman–Crippen MR) is 70.3 cm³/mol. The highest BCUT2D eigenvalue weighted by Crippen LogP contribution is 2.19. The van der Waals surface area contributed by atoms with Crippen LogP contribution in [0, 0.1) is 0 Å². The van der Waals surface area contributed by atoms with Gasteiger partial charge in [-0.3, -0.25) is 4.79 Å². The fraction of sp³-hybridized carbons (Fsp3) is 0.700. The molecular formula is C10H23NO2Si2. The summed E-state index contributed by atoms with van der Waals surface area (Å²) in [6.45, 7) is 8.09. The van der Waals surface area contributed by atoms with Crippen molar-refractivity contribution in [2.75, 3.05) is 0 Å². The van der Waals surface area contributed by atoms with Crippen LogP contribution < -0.4 is 5.73 Å². The van der Waals surface area contributed by atoms with Crippen LogP contribution in [0.4, 0.5) is 0 Å². The molecule has 0 saturated heterocycles. The Hall–Kier alpha value is -0.556. The predicted octanol–water partition coefficient (Wildman–Crippen LogP) is 1.16. The van der Waals surface area contributed by atoms with E-state index in [1.54, 1.807) is 6.92 Å². The third-order valence-electron chi connectivity index (χ3n) is 1.97. The van der Waals surface area contributed by atoms with Gasteiger partial charge in [-0.2, -0.15) is 0 Å². The molecule has 0 aliphatic carbocycles. The van der Waals surface area contributed by atoms with Crippen LogP contribution in [-0.4, -0.2) is 24.5 Å². The molecule has 0 fully saturated rings. The van der Waals surface area contributed by atoms with Crippen LogP contribution in [0.1, 0.15) is 19.8 Å². The first-order chi connectivity index (χ1) is 6.78. The molecule has 0 heterocycles. The molecule has 5 heteroatoms. The SMILES string of the molecule is CC(C(N)=O)=C(CCC[SiH3])O[Si](C)(C)C. The highest BCUT2D eigenvalue weighted by Gasteiger charge is 2.20. The highest BCUT2D eigenvalue weighted by atomic mass is 28.4. The first-order valence-corrected chi connectivity index (χ1v) is 10.3. The molecule has 88 valence electrons. The van der Waals surface area contributed by atoms with E-state index in [0.29, 0.717) is 5.57 Å². The van der Waals surface area contributed by atoms with E-state index >= 15 is 0 Å². The van der Waals surface area contributed by atoms with Crippen molar-refractivity contribution < 1.29 is 9.22 Å². The summed E-state index contributed by atoms with van der Waals surface area (Å²) in [5.74, 6) is 0.453. The minimum atomic E-state index is -1.63. The van der Waals surface area contributed by atoms with E-state index in [1.807, 2.05) is 0 Å². The Morgan fingerprint density at radius 3 is 2.27 bits per heavy atom. The zero-order valence-electron chi connectivity index (χ0n) is 10.5. The fourth-order valence-corrected chi connectivity index (χ4v) is 2.51. The van der Waals surface area contributed by atoms with Gasteiger partial charge in [0.1, 0.15) is 0 Å². The number of hydrogen-bond donors (Lipinski definition) is 1. The minimum Gasteiger partial charge on any atom is -0.547 e. The smallest absolute Gasteiger partial charge is 0.247 e. The number of carbonyl (C=O) groups excluding carboxylic acids is 1. The average molecular weight is 245 g/mol. The summed E-state index contributed by atoms with van der Waals surface area (Å²) in [6.07, 6.45) is 1.94. The van der Waals surface area contributed by atoms with Gasteiger partial charge in [0.2, 0.25) is 14.2 Å². The Labute approximate surface area is 96.6 Å². The Kier molecular flexibility index (Phi) is 5.89. The Bertz CT molecular complexity index is 257. The highest BCUT2D eigenvalue weighted by molar-refractivity contribution is 6.70. The van der Waals surface area contributed by atoms with Crippen LogP contribution in [-0.2, 0) is 9.22 Å². The van der Waals surface area contributed by atoms with Crippen molar-refractivity contribution >= 4 is 24.5 Å². The molecule has 0 spiro atoms. The number of rotatable bonds is 6. The van der Waals surface area contributed by atoms with Crippen molar-refractivity contribution in [3.05, 3.63) is 11.3 Å². The summed E-state index contributed by atoms with van der Waals surface area (Å²) >= 11 is 0. The minimum absolute atomic E-state index is 0.364. The second kappa shape index (κ2) is 6.12. The molecule has 0 aliphatic rings. The van der Waals surface area contributed by atoms with E-state index in [0.717, 1.165) is 18.6 Å². The van der Waals surface area contributed by atoms with Crippen LogP contribution in [0.2, 0.25) is 25.7 Å². The summed E-state index contributed by atoms with van der Waals surface area (Å²) in [5.41, 5.74) is 5.87. The fourth-order valence-electron chi connectivity index (χ4n) is 1.16. The van der Waals surface area contributed by atoms with Gasteiger partial charge in [-0.15, -0.1) is 0 Å². The molecule has 0 aliphatic heterocycles. The van der Waals surface area contributed by atoms with Crippen LogP contribution in [0.3, 0.4) is 0 Å². The van der Waals surface area contributed by atoms with Gasteiger partial charge in [0.25, 0.3) is 0 Å². The number of nitrogens with two attached hydrogens (primary N) is 1. The molecule has 0 rings (SSSR count). The van der Waals surface area contributed by atoms with Gasteiger partial charge < -0.3 is 10.2 Å². The Balaban J connectivity index is 4.73. The molecule has 15 heavy (non-hydrogen) atoms. The first-order valence-electron chi connectivity index (χ1n) is 5.46. The summed E-state index contributed by atoms with van der Waals surface area (Å²) in [5, 5.41) is 0. The Morgan fingerprint density at radius 2 is 1.93 bits per heavy atom. The standard InChI is InChI=1S/C10H23NO2Si2/c1-8(10(11)12)9(6-5-7-14)13-15(2,3)4/h5-7H2,1-4,14H3,(H2,11,12). The van der Waals surface area contributed by atoms with Crippen LogP contribution in [0.15, 0.2) is 11.3 Å². The molecule has 0 unspecified atom stereocenters. The maximum atomic E-state index is 11.1. The summed E-state index contributed by atoms with van der Waals surface area (Å²) in [4.78, 5) is 11.1. The summed E-state index contributed by atoms with van der Waals surface area (Å²) < 4.78 is 5.90. The molecule has 0 bridgehead atoms. The van der Waals surface area contributed by atoms with E-state index in [9.17, 15) is 4.79 Å². The molecule has 0 radical (unpaired) electrons. The largest absolute Gasteiger partial charge is 0.547 e. The molecule has 0 saturated carbocycles. The molecule has 1 amide bonds. The van der Waals surface area contributed by atoms with E-state index in [1.165, 1.54) is 16.3 Å². The van der Waals surface area contributed by atoms with Crippen molar-refractivity contribution in [2.45, 2.75) is 45.5 Å². The third-order valence-corrected chi connectivity index (χ3v) is 3.54. The topological polar surface area (TPSA) is 52.3 Å². The Morgan fingerprint density at radius 1 is 1.40 bits per heavy atom. The van der Waals surface area contributed by atoms with E-state index in [-0.39, 0.29) is 5.91 Å². The first kappa shape index (κ1) is 14.4. The van der Waals surface area contributed by atoms with Crippen molar-refractivity contribution in [2.24, 2.45) is 5.73 Å². The zero-order chi connectivity index (χ0) is 12.1. The lowest BCUT2D eigenvalue weighted by molar-refractivity contribution is -0.114. The van der Waals surface area contributed by atoms with Gasteiger partial charge in [-0.1, -0.05) is 6.04 Å². The lowest BCUT2D eigenvalue weighted by Gasteiger charge is -2.23. The summed E-state index contributed by atoms with van der Waals surface area (Å²) in [7, 11) is -0.438.